The molecule has 2 N–H and O–H groups in total. The summed E-state index contributed by atoms with van der Waals surface area (Å²) < 4.78 is 10.9. The lowest BCUT2D eigenvalue weighted by atomic mass is 9.76. The van der Waals surface area contributed by atoms with Crippen molar-refractivity contribution < 1.29 is 14.3 Å². The SMILES string of the molecule is CCCNC(=O)c1ccc2c(c1)C1C=CCC1C(c1ccc(OC)c(OC)c1)N2. The van der Waals surface area contributed by atoms with Crippen molar-refractivity contribution >= 4 is 11.6 Å². The van der Waals surface area contributed by atoms with Crippen molar-refractivity contribution in [2.75, 3.05) is 26.1 Å². The summed E-state index contributed by atoms with van der Waals surface area (Å²) in [5, 5.41) is 6.68. The van der Waals surface area contributed by atoms with Gasteiger partial charge >= 0.3 is 0 Å². The Morgan fingerprint density at radius 1 is 1.14 bits per heavy atom. The molecule has 3 atom stereocenters. The monoisotopic (exact) mass is 392 g/mol. The fourth-order valence-corrected chi connectivity index (χ4v) is 4.45. The first-order chi connectivity index (χ1) is 14.2. The lowest BCUT2D eigenvalue weighted by Crippen LogP contribution is -2.30. The number of rotatable bonds is 6. The summed E-state index contributed by atoms with van der Waals surface area (Å²) in [7, 11) is 3.31. The Labute approximate surface area is 172 Å². The fraction of sp³-hybridized carbons (Fsp3) is 0.375. The van der Waals surface area contributed by atoms with Gasteiger partial charge in [0, 0.05) is 23.7 Å². The summed E-state index contributed by atoms with van der Waals surface area (Å²) in [6, 6.07) is 12.3. The number of allylic oxidation sites excluding steroid dienone is 2. The van der Waals surface area contributed by atoms with Gasteiger partial charge in [-0.05, 0) is 60.2 Å². The molecule has 1 amide bonds. The Morgan fingerprint density at radius 3 is 2.72 bits per heavy atom. The third-order valence-corrected chi connectivity index (χ3v) is 5.93. The maximum atomic E-state index is 12.4. The zero-order valence-corrected chi connectivity index (χ0v) is 17.2. The molecule has 0 saturated heterocycles. The number of methoxy groups -OCH3 is 2. The molecule has 0 saturated carbocycles. The summed E-state index contributed by atoms with van der Waals surface area (Å²) in [4.78, 5) is 12.4. The highest BCUT2D eigenvalue weighted by Gasteiger charge is 2.38. The zero-order chi connectivity index (χ0) is 20.4. The summed E-state index contributed by atoms with van der Waals surface area (Å²) in [6.45, 7) is 2.75. The first-order valence-electron chi connectivity index (χ1n) is 10.2. The van der Waals surface area contributed by atoms with Crippen LogP contribution in [0.3, 0.4) is 0 Å². The van der Waals surface area contributed by atoms with Crippen LogP contribution in [0.4, 0.5) is 5.69 Å². The lowest BCUT2D eigenvalue weighted by Gasteiger charge is -2.38. The van der Waals surface area contributed by atoms with Crippen LogP contribution in [0.15, 0.2) is 48.6 Å². The van der Waals surface area contributed by atoms with Gasteiger partial charge in [0.2, 0.25) is 0 Å². The van der Waals surface area contributed by atoms with Crippen LogP contribution in [-0.4, -0.2) is 26.7 Å². The van der Waals surface area contributed by atoms with E-state index in [1.165, 1.54) is 11.1 Å². The number of benzene rings is 2. The molecular formula is C24H28N2O3. The molecule has 29 heavy (non-hydrogen) atoms. The second-order valence-corrected chi connectivity index (χ2v) is 7.65. The first kappa shape index (κ1) is 19.4. The predicted molar refractivity (Wildman–Crippen MR) is 115 cm³/mol. The van der Waals surface area contributed by atoms with Crippen molar-refractivity contribution in [2.45, 2.75) is 31.7 Å². The molecule has 1 aliphatic heterocycles. The zero-order valence-electron chi connectivity index (χ0n) is 17.2. The maximum Gasteiger partial charge on any atom is 0.251 e. The average Bonchev–Trinajstić information content (AvgIpc) is 3.26. The van der Waals surface area contributed by atoms with Crippen LogP contribution in [-0.2, 0) is 0 Å². The summed E-state index contributed by atoms with van der Waals surface area (Å²) in [6.07, 6.45) is 6.47. The van der Waals surface area contributed by atoms with E-state index < -0.39 is 0 Å². The van der Waals surface area contributed by atoms with Crippen molar-refractivity contribution in [3.8, 4) is 11.5 Å². The topological polar surface area (TPSA) is 59.6 Å². The number of anilines is 1. The van der Waals surface area contributed by atoms with Crippen molar-refractivity contribution in [2.24, 2.45) is 5.92 Å². The average molecular weight is 392 g/mol. The number of hydrogen-bond acceptors (Lipinski definition) is 4. The largest absolute Gasteiger partial charge is 0.493 e. The van der Waals surface area contributed by atoms with E-state index >= 15 is 0 Å². The number of carbonyl (C=O) groups excluding carboxylic acids is 1. The smallest absolute Gasteiger partial charge is 0.251 e. The van der Waals surface area contributed by atoms with Gasteiger partial charge in [-0.3, -0.25) is 4.79 Å². The molecule has 0 bridgehead atoms. The standard InChI is InChI=1S/C24H28N2O3/c1-4-12-25-24(27)16-8-10-20-19(13-16)17-6-5-7-18(17)23(26-20)15-9-11-21(28-2)22(14-15)29-3/h5-6,8-11,13-14,17-18,23,26H,4,7,12H2,1-3H3,(H,25,27). The highest BCUT2D eigenvalue weighted by atomic mass is 16.5. The molecule has 0 radical (unpaired) electrons. The Hall–Kier alpha value is -2.95. The van der Waals surface area contributed by atoms with Crippen LogP contribution < -0.4 is 20.1 Å². The third-order valence-electron chi connectivity index (χ3n) is 5.93. The molecule has 2 aromatic rings. The van der Waals surface area contributed by atoms with Crippen molar-refractivity contribution in [3.05, 3.63) is 65.2 Å². The van der Waals surface area contributed by atoms with Gasteiger partial charge in [0.15, 0.2) is 11.5 Å². The van der Waals surface area contributed by atoms with Gasteiger partial charge < -0.3 is 20.1 Å². The van der Waals surface area contributed by atoms with Gasteiger partial charge in [0.1, 0.15) is 0 Å². The molecule has 152 valence electrons. The Bertz CT molecular complexity index is 938. The van der Waals surface area contributed by atoms with E-state index in [1.807, 2.05) is 24.3 Å². The second-order valence-electron chi connectivity index (χ2n) is 7.65. The molecule has 5 nitrogen and oxygen atoms in total. The molecule has 1 aliphatic carbocycles. The van der Waals surface area contributed by atoms with Crippen LogP contribution >= 0.6 is 0 Å². The van der Waals surface area contributed by atoms with Crippen LogP contribution in [0.1, 0.15) is 53.2 Å². The fourth-order valence-electron chi connectivity index (χ4n) is 4.45. The summed E-state index contributed by atoms with van der Waals surface area (Å²) in [5.74, 6) is 2.16. The minimum Gasteiger partial charge on any atom is -0.493 e. The van der Waals surface area contributed by atoms with E-state index in [9.17, 15) is 4.79 Å². The van der Waals surface area contributed by atoms with Gasteiger partial charge in [-0.1, -0.05) is 25.1 Å². The van der Waals surface area contributed by atoms with Crippen LogP contribution in [0.2, 0.25) is 0 Å². The molecule has 0 fully saturated rings. The van der Waals surface area contributed by atoms with Crippen LogP contribution in [0.5, 0.6) is 11.5 Å². The van der Waals surface area contributed by atoms with Gasteiger partial charge in [0.25, 0.3) is 5.91 Å². The third kappa shape index (κ3) is 3.57. The number of amides is 1. The van der Waals surface area contributed by atoms with Crippen LogP contribution in [0, 0.1) is 5.92 Å². The summed E-state index contributed by atoms with van der Waals surface area (Å²) >= 11 is 0. The molecule has 2 aliphatic rings. The quantitative estimate of drug-likeness (QED) is 0.702. The lowest BCUT2D eigenvalue weighted by molar-refractivity contribution is 0.0953. The minimum atomic E-state index is -0.00445. The van der Waals surface area contributed by atoms with Crippen molar-refractivity contribution in [1.29, 1.82) is 0 Å². The van der Waals surface area contributed by atoms with E-state index in [2.05, 4.69) is 41.8 Å². The number of fused-ring (bicyclic) bond motifs is 3. The van der Waals surface area contributed by atoms with E-state index in [-0.39, 0.29) is 11.9 Å². The Kier molecular flexibility index (Phi) is 5.47. The molecule has 1 heterocycles. The molecular weight excluding hydrogens is 364 g/mol. The summed E-state index contributed by atoms with van der Waals surface area (Å²) in [5.41, 5.74) is 4.19. The highest BCUT2D eigenvalue weighted by Crippen LogP contribution is 2.50. The Morgan fingerprint density at radius 2 is 1.97 bits per heavy atom. The van der Waals surface area contributed by atoms with Gasteiger partial charge in [0.05, 0.1) is 20.3 Å². The van der Waals surface area contributed by atoms with Gasteiger partial charge in [-0.2, -0.15) is 0 Å². The van der Waals surface area contributed by atoms with Crippen molar-refractivity contribution in [3.63, 3.8) is 0 Å². The molecule has 3 unspecified atom stereocenters. The second kappa shape index (κ2) is 8.19. The number of nitrogens with one attached hydrogen (secondary N) is 2. The molecule has 0 spiro atoms. The Balaban J connectivity index is 1.67. The van der Waals surface area contributed by atoms with E-state index in [4.69, 9.17) is 9.47 Å². The minimum absolute atomic E-state index is 0.00445. The molecule has 5 heteroatoms. The number of hydrogen-bond donors (Lipinski definition) is 2. The van der Waals surface area contributed by atoms with E-state index in [0.717, 1.165) is 35.6 Å². The number of carbonyl (C=O) groups is 1. The van der Waals surface area contributed by atoms with Crippen molar-refractivity contribution in [1.82, 2.24) is 5.32 Å². The maximum absolute atomic E-state index is 12.4. The highest BCUT2D eigenvalue weighted by molar-refractivity contribution is 5.95. The van der Waals surface area contributed by atoms with Crippen LogP contribution in [0.25, 0.3) is 0 Å². The van der Waals surface area contributed by atoms with Gasteiger partial charge in [-0.15, -0.1) is 0 Å². The first-order valence-corrected chi connectivity index (χ1v) is 10.2. The normalized spacial score (nSPS) is 21.7. The van der Waals surface area contributed by atoms with E-state index in [1.54, 1.807) is 14.2 Å². The molecule has 0 aromatic heterocycles. The van der Waals surface area contributed by atoms with E-state index in [0.29, 0.717) is 18.4 Å². The molecule has 2 aromatic carbocycles. The molecule has 4 rings (SSSR count). The number of ether oxygens (including phenoxy) is 2. The van der Waals surface area contributed by atoms with Gasteiger partial charge in [-0.25, -0.2) is 0 Å². The predicted octanol–water partition coefficient (Wildman–Crippen LogP) is 4.67.